The van der Waals surface area contributed by atoms with Gasteiger partial charge in [0.05, 0.1) is 6.61 Å². The zero-order valence-electron chi connectivity index (χ0n) is 22.4. The van der Waals surface area contributed by atoms with E-state index < -0.39 is 24.3 Å². The summed E-state index contributed by atoms with van der Waals surface area (Å²) in [6.07, 6.45) is 16.6. The smallest absolute Gasteiger partial charge is 0.331 e. The van der Waals surface area contributed by atoms with Crippen molar-refractivity contribution in [3.05, 3.63) is 0 Å². The number of halogens is 1. The van der Waals surface area contributed by atoms with Gasteiger partial charge in [0, 0.05) is 6.42 Å². The minimum atomic E-state index is -1.59. The van der Waals surface area contributed by atoms with Crippen LogP contribution in [0.5, 0.6) is 0 Å². The zero-order chi connectivity index (χ0) is 25.4. The van der Waals surface area contributed by atoms with Crippen LogP contribution in [0.1, 0.15) is 143 Å². The highest BCUT2D eigenvalue weighted by Gasteiger charge is 2.35. The SMILES string of the molecule is CCCCCCCCCCCCCC[C@@H](F)[C@@H](O)[C@@H](NC(=O)CCCCCCC)C(=O)OCC. The van der Waals surface area contributed by atoms with E-state index >= 15 is 0 Å². The molecule has 0 aromatic carbocycles. The van der Waals surface area contributed by atoms with Crippen LogP contribution in [0.15, 0.2) is 0 Å². The number of carbonyl (C=O) groups is 2. The van der Waals surface area contributed by atoms with Crippen molar-refractivity contribution in [2.75, 3.05) is 6.61 Å². The lowest BCUT2D eigenvalue weighted by Gasteiger charge is -2.25. The first-order valence-corrected chi connectivity index (χ1v) is 14.3. The number of nitrogens with one attached hydrogen (secondary N) is 1. The molecule has 34 heavy (non-hydrogen) atoms. The number of unbranched alkanes of at least 4 members (excludes halogenated alkanes) is 15. The van der Waals surface area contributed by atoms with Crippen LogP contribution < -0.4 is 5.32 Å². The molecule has 0 aliphatic heterocycles. The van der Waals surface area contributed by atoms with Crippen LogP contribution in [0.2, 0.25) is 0 Å². The van der Waals surface area contributed by atoms with Gasteiger partial charge in [-0.15, -0.1) is 0 Å². The molecule has 0 aromatic rings. The van der Waals surface area contributed by atoms with Crippen LogP contribution in [0.3, 0.4) is 0 Å². The van der Waals surface area contributed by atoms with Gasteiger partial charge in [-0.25, -0.2) is 9.18 Å². The van der Waals surface area contributed by atoms with Gasteiger partial charge in [0.2, 0.25) is 5.91 Å². The van der Waals surface area contributed by atoms with Crippen LogP contribution >= 0.6 is 0 Å². The second kappa shape index (κ2) is 23.6. The molecule has 0 saturated carbocycles. The molecular formula is C28H54FNO4. The van der Waals surface area contributed by atoms with Crippen LogP contribution in [0, 0.1) is 0 Å². The number of aliphatic hydroxyl groups excluding tert-OH is 1. The first-order valence-electron chi connectivity index (χ1n) is 14.3. The summed E-state index contributed by atoms with van der Waals surface area (Å²) in [5.41, 5.74) is 0. The summed E-state index contributed by atoms with van der Waals surface area (Å²) >= 11 is 0. The number of aliphatic hydroxyl groups is 1. The Morgan fingerprint density at radius 1 is 0.735 bits per heavy atom. The van der Waals surface area contributed by atoms with Crippen molar-refractivity contribution >= 4 is 11.9 Å². The number of hydrogen-bond acceptors (Lipinski definition) is 4. The van der Waals surface area contributed by atoms with Gasteiger partial charge in [0.25, 0.3) is 0 Å². The monoisotopic (exact) mass is 487 g/mol. The molecule has 0 fully saturated rings. The van der Waals surface area contributed by atoms with Crippen molar-refractivity contribution in [2.45, 2.75) is 161 Å². The van der Waals surface area contributed by atoms with Gasteiger partial charge in [-0.3, -0.25) is 4.79 Å². The van der Waals surface area contributed by atoms with E-state index in [2.05, 4.69) is 19.2 Å². The van der Waals surface area contributed by atoms with Crippen molar-refractivity contribution in [3.63, 3.8) is 0 Å². The first kappa shape index (κ1) is 32.8. The number of alkyl halides is 1. The summed E-state index contributed by atoms with van der Waals surface area (Å²) in [5, 5.41) is 13.0. The Morgan fingerprint density at radius 3 is 1.65 bits per heavy atom. The van der Waals surface area contributed by atoms with Gasteiger partial charge in [-0.05, 0) is 19.8 Å². The quantitative estimate of drug-likeness (QED) is 0.112. The molecule has 0 radical (unpaired) electrons. The van der Waals surface area contributed by atoms with Gasteiger partial charge in [-0.1, -0.05) is 117 Å². The van der Waals surface area contributed by atoms with E-state index in [1.807, 2.05) is 0 Å². The summed E-state index contributed by atoms with van der Waals surface area (Å²) in [4.78, 5) is 24.5. The third-order valence-corrected chi connectivity index (χ3v) is 6.41. The second-order valence-electron chi connectivity index (χ2n) is 9.65. The molecule has 0 heterocycles. The van der Waals surface area contributed by atoms with E-state index in [0.29, 0.717) is 6.42 Å². The Balaban J connectivity index is 4.16. The molecule has 0 aliphatic carbocycles. The van der Waals surface area contributed by atoms with E-state index in [0.717, 1.165) is 51.4 Å². The predicted octanol–water partition coefficient (Wildman–Crippen LogP) is 7.19. The van der Waals surface area contributed by atoms with E-state index in [-0.39, 0.29) is 25.4 Å². The third kappa shape index (κ3) is 18.2. The Hall–Kier alpha value is -1.17. The molecule has 0 rings (SSSR count). The normalized spacial score (nSPS) is 13.9. The number of hydrogen-bond donors (Lipinski definition) is 2. The summed E-state index contributed by atoms with van der Waals surface area (Å²) in [7, 11) is 0. The minimum Gasteiger partial charge on any atom is -0.464 e. The lowest BCUT2D eigenvalue weighted by Crippen LogP contribution is -2.52. The van der Waals surface area contributed by atoms with E-state index in [4.69, 9.17) is 4.74 Å². The molecule has 0 spiro atoms. The number of amides is 1. The van der Waals surface area contributed by atoms with E-state index in [1.54, 1.807) is 6.92 Å². The number of ether oxygens (including phenoxy) is 1. The highest BCUT2D eigenvalue weighted by Crippen LogP contribution is 2.17. The Labute approximate surface area is 209 Å². The van der Waals surface area contributed by atoms with Crippen LogP contribution in [-0.2, 0) is 14.3 Å². The fraction of sp³-hybridized carbons (Fsp3) is 0.929. The number of esters is 1. The van der Waals surface area contributed by atoms with E-state index in [9.17, 15) is 19.1 Å². The fourth-order valence-corrected chi connectivity index (χ4v) is 4.21. The molecule has 0 bridgehead atoms. The first-order chi connectivity index (χ1) is 16.5. The van der Waals surface area contributed by atoms with Crippen molar-refractivity contribution in [1.29, 1.82) is 0 Å². The maximum Gasteiger partial charge on any atom is 0.331 e. The topological polar surface area (TPSA) is 75.6 Å². The second-order valence-corrected chi connectivity index (χ2v) is 9.65. The fourth-order valence-electron chi connectivity index (χ4n) is 4.21. The average molecular weight is 488 g/mol. The Bertz CT molecular complexity index is 489. The molecule has 6 heteroatoms. The van der Waals surface area contributed by atoms with Gasteiger partial charge >= 0.3 is 5.97 Å². The predicted molar refractivity (Wildman–Crippen MR) is 139 cm³/mol. The maximum absolute atomic E-state index is 14.7. The molecule has 3 atom stereocenters. The number of carbonyl (C=O) groups excluding carboxylic acids is 2. The summed E-state index contributed by atoms with van der Waals surface area (Å²) in [5.74, 6) is -1.11. The Kier molecular flexibility index (Phi) is 22.8. The highest BCUT2D eigenvalue weighted by atomic mass is 19.1. The largest absolute Gasteiger partial charge is 0.464 e. The number of rotatable bonds is 24. The van der Waals surface area contributed by atoms with Crippen molar-refractivity contribution in [3.8, 4) is 0 Å². The molecule has 0 aliphatic rings. The average Bonchev–Trinajstić information content (AvgIpc) is 2.82. The van der Waals surface area contributed by atoms with Gasteiger partial charge < -0.3 is 15.2 Å². The van der Waals surface area contributed by atoms with Crippen molar-refractivity contribution in [1.82, 2.24) is 5.32 Å². The molecule has 5 nitrogen and oxygen atoms in total. The van der Waals surface area contributed by atoms with Gasteiger partial charge in [0.15, 0.2) is 6.04 Å². The molecule has 0 aromatic heterocycles. The molecule has 0 saturated heterocycles. The third-order valence-electron chi connectivity index (χ3n) is 6.41. The molecular weight excluding hydrogens is 433 g/mol. The summed E-state index contributed by atoms with van der Waals surface area (Å²) < 4.78 is 19.7. The van der Waals surface area contributed by atoms with Crippen LogP contribution in [0.25, 0.3) is 0 Å². The van der Waals surface area contributed by atoms with Crippen molar-refractivity contribution in [2.24, 2.45) is 0 Å². The zero-order valence-corrected chi connectivity index (χ0v) is 22.4. The van der Waals surface area contributed by atoms with Gasteiger partial charge in [0.1, 0.15) is 12.3 Å². The standard InChI is InChI=1S/C28H54FNO4/c1-4-7-9-11-12-13-14-15-16-17-19-20-22-24(29)27(32)26(28(33)34-6-3)30-25(31)23-21-18-10-8-5-2/h24,26-27,32H,4-23H2,1-3H3,(H,30,31)/t24-,26-,27-/m1/s1. The van der Waals surface area contributed by atoms with Crippen LogP contribution in [-0.4, -0.2) is 41.9 Å². The lowest BCUT2D eigenvalue weighted by molar-refractivity contribution is -0.152. The highest BCUT2D eigenvalue weighted by molar-refractivity contribution is 5.85. The Morgan fingerprint density at radius 2 is 1.18 bits per heavy atom. The summed E-state index contributed by atoms with van der Waals surface area (Å²) in [6, 6.07) is -1.35. The summed E-state index contributed by atoms with van der Waals surface area (Å²) in [6.45, 7) is 6.13. The lowest BCUT2D eigenvalue weighted by atomic mass is 9.99. The maximum atomic E-state index is 14.7. The van der Waals surface area contributed by atoms with E-state index in [1.165, 1.54) is 51.4 Å². The van der Waals surface area contributed by atoms with Gasteiger partial charge in [-0.2, -0.15) is 0 Å². The minimum absolute atomic E-state index is 0.116. The molecule has 1 amide bonds. The van der Waals surface area contributed by atoms with Crippen molar-refractivity contribution < 1.29 is 23.8 Å². The molecule has 2 N–H and O–H groups in total. The molecule has 202 valence electrons. The van der Waals surface area contributed by atoms with Crippen LogP contribution in [0.4, 0.5) is 4.39 Å². The molecule has 0 unspecified atom stereocenters.